The fraction of sp³-hybridized carbons (Fsp3) is 0. The third-order valence-corrected chi connectivity index (χ3v) is 1.01. The zero-order valence-electron chi connectivity index (χ0n) is 5.63. The minimum absolute atomic E-state index is 0.0451. The van der Waals surface area contributed by atoms with Gasteiger partial charge in [-0.3, -0.25) is 0 Å². The second kappa shape index (κ2) is 2.86. The van der Waals surface area contributed by atoms with Gasteiger partial charge in [-0.2, -0.15) is 15.2 Å². The van der Waals surface area contributed by atoms with Crippen LogP contribution in [0.4, 0.5) is 15.4 Å². The van der Waals surface area contributed by atoms with Gasteiger partial charge in [0, 0.05) is 0 Å². The van der Waals surface area contributed by atoms with Crippen molar-refractivity contribution < 1.29 is 19.8 Å². The molecule has 3 N–H and O–H groups in total. The van der Waals surface area contributed by atoms with Gasteiger partial charge in [-0.15, -0.1) is 5.10 Å². The van der Waals surface area contributed by atoms with Crippen molar-refractivity contribution >= 4 is 18.0 Å². The smallest absolute Gasteiger partial charge is 0.422 e. The molecule has 2 amide bonds. The number of H-pyrrole nitrogens is 1. The highest BCUT2D eigenvalue weighted by atomic mass is 16.4. The molecule has 12 heavy (non-hydrogen) atoms. The Kier molecular flexibility index (Phi) is 1.90. The van der Waals surface area contributed by atoms with Gasteiger partial charge in [-0.05, 0) is 0 Å². The Morgan fingerprint density at radius 1 is 1.42 bits per heavy atom. The number of carboxylic acid groups (broad SMARTS) is 2. The second-order valence-corrected chi connectivity index (χ2v) is 1.73. The van der Waals surface area contributed by atoms with E-state index in [4.69, 9.17) is 10.2 Å². The summed E-state index contributed by atoms with van der Waals surface area (Å²) in [5.74, 6) is -0.282. The molecule has 8 heteroatoms. The molecule has 1 rings (SSSR count). The zero-order chi connectivity index (χ0) is 9.14. The SMILES string of the molecule is O=C(O)N(C(=O)O)c1cn[nH]n1. The molecule has 0 saturated carbocycles. The average molecular weight is 172 g/mol. The highest BCUT2D eigenvalue weighted by Crippen LogP contribution is 2.06. The van der Waals surface area contributed by atoms with Gasteiger partial charge < -0.3 is 10.2 Å². The Labute approximate surface area is 65.4 Å². The fourth-order valence-electron chi connectivity index (χ4n) is 0.581. The van der Waals surface area contributed by atoms with E-state index in [1.54, 1.807) is 0 Å². The molecule has 64 valence electrons. The highest BCUT2D eigenvalue weighted by Gasteiger charge is 2.23. The molecular formula is C4H4N4O4. The number of aromatic nitrogens is 3. The van der Waals surface area contributed by atoms with Gasteiger partial charge >= 0.3 is 12.2 Å². The Bertz CT molecular complexity index is 280. The summed E-state index contributed by atoms with van der Waals surface area (Å²) in [4.78, 5) is 20.7. The van der Waals surface area contributed by atoms with E-state index in [9.17, 15) is 9.59 Å². The molecule has 0 aliphatic heterocycles. The van der Waals surface area contributed by atoms with Gasteiger partial charge in [-0.1, -0.05) is 0 Å². The van der Waals surface area contributed by atoms with Crippen LogP contribution in [-0.2, 0) is 0 Å². The molecule has 0 unspecified atom stereocenters. The molecule has 0 saturated heterocycles. The van der Waals surface area contributed by atoms with Crippen LogP contribution in [0.5, 0.6) is 0 Å². The van der Waals surface area contributed by atoms with E-state index in [0.717, 1.165) is 6.20 Å². The lowest BCUT2D eigenvalue weighted by Gasteiger charge is -2.07. The maximum Gasteiger partial charge on any atom is 0.422 e. The summed E-state index contributed by atoms with van der Waals surface area (Å²) in [6, 6.07) is 0. The molecule has 1 aromatic rings. The number of hydrogen-bond acceptors (Lipinski definition) is 4. The van der Waals surface area contributed by atoms with E-state index in [-0.39, 0.29) is 10.7 Å². The van der Waals surface area contributed by atoms with E-state index >= 15 is 0 Å². The number of rotatable bonds is 1. The van der Waals surface area contributed by atoms with Gasteiger partial charge in [0.25, 0.3) is 0 Å². The Hall–Kier alpha value is -2.12. The lowest BCUT2D eigenvalue weighted by molar-refractivity contribution is 0.184. The number of carbonyl (C=O) groups is 2. The lowest BCUT2D eigenvalue weighted by atomic mass is 10.6. The van der Waals surface area contributed by atoms with Crippen molar-refractivity contribution in [3.8, 4) is 0 Å². The summed E-state index contributed by atoms with van der Waals surface area (Å²) < 4.78 is 0. The zero-order valence-corrected chi connectivity index (χ0v) is 5.63. The van der Waals surface area contributed by atoms with Crippen molar-refractivity contribution in [2.75, 3.05) is 4.90 Å². The van der Waals surface area contributed by atoms with Crippen LogP contribution in [0.15, 0.2) is 6.20 Å². The van der Waals surface area contributed by atoms with E-state index in [2.05, 4.69) is 15.4 Å². The lowest BCUT2D eigenvalue weighted by Crippen LogP contribution is -2.34. The minimum Gasteiger partial charge on any atom is -0.464 e. The number of anilines is 1. The highest BCUT2D eigenvalue weighted by molar-refractivity contribution is 6.06. The molecule has 0 bridgehead atoms. The van der Waals surface area contributed by atoms with Crippen molar-refractivity contribution in [2.45, 2.75) is 0 Å². The monoisotopic (exact) mass is 172 g/mol. The minimum atomic E-state index is -1.63. The van der Waals surface area contributed by atoms with Gasteiger partial charge in [0.2, 0.25) is 0 Å². The Morgan fingerprint density at radius 3 is 2.33 bits per heavy atom. The molecular weight excluding hydrogens is 168 g/mol. The van der Waals surface area contributed by atoms with E-state index in [1.165, 1.54) is 0 Å². The predicted molar refractivity (Wildman–Crippen MR) is 34.9 cm³/mol. The number of nitrogens with one attached hydrogen (secondary N) is 1. The third-order valence-electron chi connectivity index (χ3n) is 1.01. The molecule has 0 aliphatic carbocycles. The first-order valence-corrected chi connectivity index (χ1v) is 2.74. The van der Waals surface area contributed by atoms with Crippen LogP contribution >= 0.6 is 0 Å². The maximum absolute atomic E-state index is 10.3. The second-order valence-electron chi connectivity index (χ2n) is 1.73. The maximum atomic E-state index is 10.3. The summed E-state index contributed by atoms with van der Waals surface area (Å²) in [7, 11) is 0. The first-order valence-electron chi connectivity index (χ1n) is 2.74. The van der Waals surface area contributed by atoms with E-state index in [0.29, 0.717) is 0 Å². The first-order chi connectivity index (χ1) is 5.63. The fourth-order valence-corrected chi connectivity index (χ4v) is 0.581. The van der Waals surface area contributed by atoms with Crippen LogP contribution in [0.3, 0.4) is 0 Å². The number of amides is 2. The molecule has 0 radical (unpaired) electrons. The van der Waals surface area contributed by atoms with Crippen molar-refractivity contribution in [2.24, 2.45) is 0 Å². The molecule has 1 aromatic heterocycles. The molecule has 0 spiro atoms. The third kappa shape index (κ3) is 1.31. The summed E-state index contributed by atoms with van der Waals surface area (Å²) >= 11 is 0. The molecule has 8 nitrogen and oxygen atoms in total. The summed E-state index contributed by atoms with van der Waals surface area (Å²) in [6.45, 7) is 0. The molecule has 1 heterocycles. The normalized spacial score (nSPS) is 9.33. The quantitative estimate of drug-likeness (QED) is 0.547. The number of aromatic amines is 1. The van der Waals surface area contributed by atoms with Gasteiger partial charge in [0.05, 0.1) is 6.20 Å². The summed E-state index contributed by atoms with van der Waals surface area (Å²) in [5.41, 5.74) is 0. The van der Waals surface area contributed by atoms with Crippen LogP contribution in [0.1, 0.15) is 0 Å². The van der Waals surface area contributed by atoms with Crippen LogP contribution in [-0.4, -0.2) is 37.8 Å². The van der Waals surface area contributed by atoms with Crippen LogP contribution in [0, 0.1) is 0 Å². The van der Waals surface area contributed by atoms with Gasteiger partial charge in [-0.25, -0.2) is 9.59 Å². The molecule has 0 aliphatic rings. The average Bonchev–Trinajstić information content (AvgIpc) is 2.37. The standard InChI is InChI=1S/C4H4N4O4/c9-3(10)8(4(11)12)2-1-5-7-6-2/h1H,(H,9,10)(H,11,12)(H,5,6,7). The Morgan fingerprint density at radius 2 is 2.00 bits per heavy atom. The van der Waals surface area contributed by atoms with Crippen molar-refractivity contribution in [3.05, 3.63) is 6.20 Å². The van der Waals surface area contributed by atoms with E-state index < -0.39 is 12.2 Å². The topological polar surface area (TPSA) is 119 Å². The van der Waals surface area contributed by atoms with Crippen molar-refractivity contribution in [1.29, 1.82) is 0 Å². The molecule has 0 fully saturated rings. The molecule has 0 aromatic carbocycles. The Balaban J connectivity index is 2.96. The number of hydrogen-bond donors (Lipinski definition) is 3. The van der Waals surface area contributed by atoms with Crippen LogP contribution in [0.25, 0.3) is 0 Å². The number of nitrogens with zero attached hydrogens (tertiary/aromatic N) is 3. The summed E-state index contributed by atoms with van der Waals surface area (Å²) in [5, 5.41) is 25.4. The van der Waals surface area contributed by atoms with Crippen LogP contribution < -0.4 is 4.90 Å². The van der Waals surface area contributed by atoms with Gasteiger partial charge in [0.1, 0.15) is 0 Å². The van der Waals surface area contributed by atoms with Crippen molar-refractivity contribution in [1.82, 2.24) is 15.4 Å². The van der Waals surface area contributed by atoms with E-state index in [1.807, 2.05) is 0 Å². The number of imide groups is 1. The first kappa shape index (κ1) is 7.98. The van der Waals surface area contributed by atoms with Crippen LogP contribution in [0.2, 0.25) is 0 Å². The van der Waals surface area contributed by atoms with Gasteiger partial charge in [0.15, 0.2) is 5.82 Å². The summed E-state index contributed by atoms with van der Waals surface area (Å²) in [6.07, 6.45) is -2.27. The molecule has 0 atom stereocenters. The largest absolute Gasteiger partial charge is 0.464 e. The van der Waals surface area contributed by atoms with Crippen molar-refractivity contribution in [3.63, 3.8) is 0 Å². The predicted octanol–water partition coefficient (Wildman–Crippen LogP) is -0.0329.